The molecule has 0 bridgehead atoms. The van der Waals surface area contributed by atoms with Gasteiger partial charge in [0.2, 0.25) is 6.10 Å². The van der Waals surface area contributed by atoms with Gasteiger partial charge in [-0.2, -0.15) is 5.10 Å². The summed E-state index contributed by atoms with van der Waals surface area (Å²) < 4.78 is 17.3. The van der Waals surface area contributed by atoms with Gasteiger partial charge in [-0.25, -0.2) is 5.43 Å². The van der Waals surface area contributed by atoms with Crippen molar-refractivity contribution in [2.75, 3.05) is 6.61 Å². The van der Waals surface area contributed by atoms with Crippen molar-refractivity contribution in [3.05, 3.63) is 82.5 Å². The van der Waals surface area contributed by atoms with Crippen LogP contribution in [0.4, 0.5) is 0 Å². The number of hydrogen-bond donors (Lipinski definition) is 1. The van der Waals surface area contributed by atoms with Gasteiger partial charge in [0.05, 0.1) is 16.3 Å². The van der Waals surface area contributed by atoms with E-state index in [9.17, 15) is 4.79 Å². The number of carbonyl (C=O) groups is 1. The number of hydrazone groups is 1. The van der Waals surface area contributed by atoms with Crippen LogP contribution in [0.1, 0.15) is 5.76 Å². The van der Waals surface area contributed by atoms with E-state index in [0.29, 0.717) is 38.6 Å². The van der Waals surface area contributed by atoms with Gasteiger partial charge >= 0.3 is 0 Å². The lowest BCUT2D eigenvalue weighted by atomic mass is 10.1. The van der Waals surface area contributed by atoms with E-state index < -0.39 is 12.0 Å². The smallest absolute Gasteiger partial charge is 0.284 e. The van der Waals surface area contributed by atoms with Crippen LogP contribution in [0.2, 0.25) is 10.0 Å². The predicted octanol–water partition coefficient (Wildman–Crippen LogP) is 5.70. The summed E-state index contributed by atoms with van der Waals surface area (Å²) in [6, 6.07) is 20.4. The molecule has 1 aromatic heterocycles. The van der Waals surface area contributed by atoms with Crippen LogP contribution < -0.4 is 14.9 Å². The summed E-state index contributed by atoms with van der Waals surface area (Å²) in [5, 5.41) is 6.84. The average Bonchev–Trinajstić information content (AvgIpc) is 3.27. The van der Waals surface area contributed by atoms with Crippen molar-refractivity contribution in [3.63, 3.8) is 0 Å². The van der Waals surface area contributed by atoms with Crippen molar-refractivity contribution in [2.24, 2.45) is 5.10 Å². The van der Waals surface area contributed by atoms with Crippen molar-refractivity contribution < 1.29 is 18.7 Å². The number of carbonyl (C=O) groups excluding carboxylic acids is 1. The number of benzene rings is 3. The van der Waals surface area contributed by atoms with Crippen LogP contribution in [-0.2, 0) is 4.79 Å². The highest BCUT2D eigenvalue weighted by atomic mass is 35.5. The normalized spacial score (nSPS) is 15.2. The fourth-order valence-electron chi connectivity index (χ4n) is 3.38. The Labute approximate surface area is 193 Å². The first-order valence-corrected chi connectivity index (χ1v) is 10.5. The molecule has 2 heterocycles. The third-order valence-corrected chi connectivity index (χ3v) is 5.79. The lowest BCUT2D eigenvalue weighted by molar-refractivity contribution is -0.130. The minimum Gasteiger partial charge on any atom is -0.485 e. The molecule has 0 aliphatic carbocycles. The van der Waals surface area contributed by atoms with Crippen LogP contribution in [0.3, 0.4) is 0 Å². The molecule has 6 nitrogen and oxygen atoms in total. The monoisotopic (exact) mass is 466 g/mol. The van der Waals surface area contributed by atoms with Crippen LogP contribution in [-0.4, -0.2) is 24.8 Å². The Morgan fingerprint density at radius 3 is 2.59 bits per heavy atom. The van der Waals surface area contributed by atoms with Crippen LogP contribution in [0.25, 0.3) is 22.1 Å². The number of nitrogens with zero attached hydrogens (tertiary/aromatic N) is 1. The second-order valence-corrected chi connectivity index (χ2v) is 7.89. The third kappa shape index (κ3) is 4.02. The Bertz CT molecular complexity index is 1350. The second-order valence-electron chi connectivity index (χ2n) is 7.10. The second kappa shape index (κ2) is 8.57. The third-order valence-electron chi connectivity index (χ3n) is 4.97. The predicted molar refractivity (Wildman–Crippen MR) is 124 cm³/mol. The summed E-state index contributed by atoms with van der Waals surface area (Å²) in [6.45, 7) is 0.0882. The Kier molecular flexibility index (Phi) is 5.47. The molecule has 0 fully saturated rings. The summed E-state index contributed by atoms with van der Waals surface area (Å²) in [5.41, 5.74) is 3.13. The number of fused-ring (bicyclic) bond motifs is 2. The molecule has 0 unspecified atom stereocenters. The van der Waals surface area contributed by atoms with Gasteiger partial charge in [0.1, 0.15) is 18.1 Å². The van der Waals surface area contributed by atoms with Gasteiger partial charge in [0.15, 0.2) is 11.5 Å². The van der Waals surface area contributed by atoms with Crippen molar-refractivity contribution in [3.8, 4) is 22.8 Å². The van der Waals surface area contributed by atoms with Gasteiger partial charge in [0.25, 0.3) is 5.91 Å². The van der Waals surface area contributed by atoms with Gasteiger partial charge in [-0.3, -0.25) is 4.79 Å². The van der Waals surface area contributed by atoms with E-state index in [-0.39, 0.29) is 6.61 Å². The Morgan fingerprint density at radius 2 is 1.78 bits per heavy atom. The minimum absolute atomic E-state index is 0.0882. The van der Waals surface area contributed by atoms with E-state index in [0.717, 1.165) is 10.8 Å². The minimum atomic E-state index is -0.821. The SMILES string of the molecule is O=C(N/N=C/c1ccc(-c2cccc(Cl)c2Cl)o1)[C@H]1COc2cc3ccccc3cc2O1. The van der Waals surface area contributed by atoms with Gasteiger partial charge in [-0.05, 0) is 47.2 Å². The van der Waals surface area contributed by atoms with E-state index in [2.05, 4.69) is 10.5 Å². The number of amides is 1. The number of hydrogen-bond acceptors (Lipinski definition) is 5. The van der Waals surface area contributed by atoms with Crippen LogP contribution in [0.5, 0.6) is 11.5 Å². The first kappa shape index (κ1) is 20.4. The Hall–Kier alpha value is -3.48. The molecule has 5 rings (SSSR count). The van der Waals surface area contributed by atoms with Crippen molar-refractivity contribution >= 4 is 46.1 Å². The first-order chi connectivity index (χ1) is 15.6. The van der Waals surface area contributed by atoms with Gasteiger partial charge in [0, 0.05) is 5.56 Å². The molecule has 0 radical (unpaired) electrons. The maximum absolute atomic E-state index is 12.5. The lowest BCUT2D eigenvalue weighted by Gasteiger charge is -2.25. The number of nitrogens with one attached hydrogen (secondary N) is 1. The Morgan fingerprint density at radius 1 is 1.00 bits per heavy atom. The molecule has 1 amide bonds. The fraction of sp³-hybridized carbons (Fsp3) is 0.0833. The summed E-state index contributed by atoms with van der Waals surface area (Å²) in [4.78, 5) is 12.5. The zero-order chi connectivity index (χ0) is 22.1. The van der Waals surface area contributed by atoms with Crippen LogP contribution >= 0.6 is 23.2 Å². The number of furan rings is 1. The van der Waals surface area contributed by atoms with Crippen LogP contribution in [0.15, 0.2) is 76.2 Å². The molecule has 160 valence electrons. The molecule has 0 spiro atoms. The summed E-state index contributed by atoms with van der Waals surface area (Å²) in [6.07, 6.45) is 0.573. The molecule has 32 heavy (non-hydrogen) atoms. The number of halogens is 2. The summed E-state index contributed by atoms with van der Waals surface area (Å²) in [5.74, 6) is 1.68. The topological polar surface area (TPSA) is 73.1 Å². The fourth-order valence-corrected chi connectivity index (χ4v) is 3.77. The van der Waals surface area contributed by atoms with Crippen molar-refractivity contribution in [1.29, 1.82) is 0 Å². The number of ether oxygens (including phenoxy) is 2. The zero-order valence-corrected chi connectivity index (χ0v) is 18.1. The van der Waals surface area contributed by atoms with E-state index in [1.807, 2.05) is 36.4 Å². The maximum Gasteiger partial charge on any atom is 0.284 e. The molecule has 3 aromatic carbocycles. The van der Waals surface area contributed by atoms with E-state index in [1.165, 1.54) is 6.21 Å². The van der Waals surface area contributed by atoms with Gasteiger partial charge in [-0.15, -0.1) is 0 Å². The highest BCUT2D eigenvalue weighted by Crippen LogP contribution is 2.36. The molecule has 1 N–H and O–H groups in total. The van der Waals surface area contributed by atoms with Crippen LogP contribution in [0, 0.1) is 0 Å². The maximum atomic E-state index is 12.5. The molecular formula is C24H16Cl2N2O4. The molecule has 0 saturated carbocycles. The Balaban J connectivity index is 1.24. The highest BCUT2D eigenvalue weighted by Gasteiger charge is 2.27. The average molecular weight is 467 g/mol. The molecule has 0 saturated heterocycles. The van der Waals surface area contributed by atoms with E-state index >= 15 is 0 Å². The van der Waals surface area contributed by atoms with Gasteiger partial charge < -0.3 is 13.9 Å². The van der Waals surface area contributed by atoms with Gasteiger partial charge in [-0.1, -0.05) is 53.5 Å². The summed E-state index contributed by atoms with van der Waals surface area (Å²) >= 11 is 12.3. The molecule has 1 aliphatic heterocycles. The van der Waals surface area contributed by atoms with Crippen molar-refractivity contribution in [2.45, 2.75) is 6.10 Å². The first-order valence-electron chi connectivity index (χ1n) is 9.78. The van der Waals surface area contributed by atoms with E-state index in [1.54, 1.807) is 30.3 Å². The molecule has 1 aliphatic rings. The quantitative estimate of drug-likeness (QED) is 0.309. The van der Waals surface area contributed by atoms with Crippen molar-refractivity contribution in [1.82, 2.24) is 5.43 Å². The molecule has 1 atom stereocenters. The lowest BCUT2D eigenvalue weighted by Crippen LogP contribution is -2.42. The summed E-state index contributed by atoms with van der Waals surface area (Å²) in [7, 11) is 0. The standard InChI is InChI=1S/C24H16Cl2N2O4/c25-18-7-3-6-17(23(18)26)19-9-8-16(31-19)12-27-28-24(29)22-13-30-20-10-14-4-1-2-5-15(14)11-21(20)32-22/h1-12,22H,13H2,(H,28,29)/b27-12+/t22-/m1/s1. The number of rotatable bonds is 4. The molecule has 8 heteroatoms. The van der Waals surface area contributed by atoms with E-state index in [4.69, 9.17) is 37.1 Å². The highest BCUT2D eigenvalue weighted by molar-refractivity contribution is 6.43. The molecular weight excluding hydrogens is 451 g/mol. The largest absolute Gasteiger partial charge is 0.485 e. The zero-order valence-electron chi connectivity index (χ0n) is 16.5. The molecule has 4 aromatic rings.